The lowest BCUT2D eigenvalue weighted by atomic mass is 9.92. The van der Waals surface area contributed by atoms with E-state index in [4.69, 9.17) is 4.74 Å². The summed E-state index contributed by atoms with van der Waals surface area (Å²) in [4.78, 5) is 14.6. The summed E-state index contributed by atoms with van der Waals surface area (Å²) in [7, 11) is 1.85. The second-order valence-electron chi connectivity index (χ2n) is 7.33. The maximum atomic E-state index is 12.8. The van der Waals surface area contributed by atoms with Crippen LogP contribution >= 0.6 is 0 Å². The zero-order valence-electron chi connectivity index (χ0n) is 16.1. The number of hydrogen-bond donors (Lipinski definition) is 0. The number of nitrogens with zero attached hydrogens (tertiary/aromatic N) is 1. The molecular formula is C23H29NO2. The molecule has 3 nitrogen and oxygen atoms in total. The van der Waals surface area contributed by atoms with Gasteiger partial charge in [-0.25, -0.2) is 0 Å². The van der Waals surface area contributed by atoms with Crippen molar-refractivity contribution in [1.29, 1.82) is 0 Å². The first-order valence-corrected chi connectivity index (χ1v) is 9.66. The van der Waals surface area contributed by atoms with Gasteiger partial charge in [0, 0.05) is 13.6 Å². The van der Waals surface area contributed by atoms with Gasteiger partial charge in [-0.2, -0.15) is 0 Å². The molecular weight excluding hydrogens is 322 g/mol. The molecule has 1 amide bonds. The third-order valence-corrected chi connectivity index (χ3v) is 5.16. The first-order valence-electron chi connectivity index (χ1n) is 9.66. The van der Waals surface area contributed by atoms with E-state index in [-0.39, 0.29) is 5.91 Å². The van der Waals surface area contributed by atoms with Gasteiger partial charge in [-0.05, 0) is 67.9 Å². The van der Waals surface area contributed by atoms with E-state index >= 15 is 0 Å². The van der Waals surface area contributed by atoms with Crippen molar-refractivity contribution in [3.8, 4) is 5.75 Å². The summed E-state index contributed by atoms with van der Waals surface area (Å²) in [6, 6.07) is 14.6. The lowest BCUT2D eigenvalue weighted by Crippen LogP contribution is -2.39. The van der Waals surface area contributed by atoms with Crippen molar-refractivity contribution in [2.24, 2.45) is 0 Å². The summed E-state index contributed by atoms with van der Waals surface area (Å²) < 4.78 is 6.08. The Bertz CT molecular complexity index is 751. The second-order valence-corrected chi connectivity index (χ2v) is 7.33. The largest absolute Gasteiger partial charge is 0.481 e. The molecule has 0 spiro atoms. The minimum Gasteiger partial charge on any atom is -0.481 e. The van der Waals surface area contributed by atoms with Gasteiger partial charge in [0.25, 0.3) is 5.91 Å². The van der Waals surface area contributed by atoms with Crippen molar-refractivity contribution < 1.29 is 9.53 Å². The van der Waals surface area contributed by atoms with E-state index in [9.17, 15) is 4.79 Å². The summed E-state index contributed by atoms with van der Waals surface area (Å²) in [6.07, 6.45) is 5.01. The van der Waals surface area contributed by atoms with Gasteiger partial charge in [-0.3, -0.25) is 4.79 Å². The minimum atomic E-state index is -0.438. The Morgan fingerprint density at radius 1 is 1.08 bits per heavy atom. The average Bonchev–Trinajstić information content (AvgIpc) is 2.67. The Morgan fingerprint density at radius 3 is 2.46 bits per heavy atom. The quantitative estimate of drug-likeness (QED) is 0.755. The van der Waals surface area contributed by atoms with E-state index in [0.717, 1.165) is 24.2 Å². The molecule has 2 aromatic rings. The molecule has 1 aliphatic rings. The molecule has 0 radical (unpaired) electrons. The molecule has 0 unspecified atom stereocenters. The number of ether oxygens (including phenoxy) is 1. The molecule has 0 bridgehead atoms. The van der Waals surface area contributed by atoms with Crippen LogP contribution in [0.4, 0.5) is 0 Å². The molecule has 138 valence electrons. The molecule has 2 aromatic carbocycles. The Labute approximate surface area is 157 Å². The highest BCUT2D eigenvalue weighted by molar-refractivity contribution is 5.81. The van der Waals surface area contributed by atoms with Crippen LogP contribution in [0, 0.1) is 6.92 Å². The van der Waals surface area contributed by atoms with Crippen molar-refractivity contribution in [2.75, 3.05) is 7.05 Å². The summed E-state index contributed by atoms with van der Waals surface area (Å²) >= 11 is 0. The fraction of sp³-hybridized carbons (Fsp3) is 0.435. The van der Waals surface area contributed by atoms with Gasteiger partial charge in [0.2, 0.25) is 0 Å². The second kappa shape index (κ2) is 8.39. The van der Waals surface area contributed by atoms with Crippen LogP contribution in [0.3, 0.4) is 0 Å². The topological polar surface area (TPSA) is 29.5 Å². The molecule has 0 aromatic heterocycles. The molecule has 0 N–H and O–H groups in total. The van der Waals surface area contributed by atoms with E-state index in [1.807, 2.05) is 20.0 Å². The summed E-state index contributed by atoms with van der Waals surface area (Å²) in [6.45, 7) is 4.67. The molecule has 0 saturated carbocycles. The predicted octanol–water partition coefficient (Wildman–Crippen LogP) is 4.69. The number of rotatable bonds is 6. The molecule has 1 aliphatic carbocycles. The van der Waals surface area contributed by atoms with E-state index in [2.05, 4.69) is 43.3 Å². The number of carbonyl (C=O) groups is 1. The molecule has 3 heteroatoms. The number of amides is 1. The monoisotopic (exact) mass is 351 g/mol. The predicted molar refractivity (Wildman–Crippen MR) is 105 cm³/mol. The molecule has 0 heterocycles. The summed E-state index contributed by atoms with van der Waals surface area (Å²) in [5.74, 6) is 0.848. The van der Waals surface area contributed by atoms with Crippen LogP contribution in [0.25, 0.3) is 0 Å². The molecule has 0 aliphatic heterocycles. The van der Waals surface area contributed by atoms with Gasteiger partial charge in [-0.1, -0.05) is 42.8 Å². The van der Waals surface area contributed by atoms with Crippen molar-refractivity contribution >= 4 is 5.91 Å². The third-order valence-electron chi connectivity index (χ3n) is 5.16. The first kappa shape index (κ1) is 18.5. The third kappa shape index (κ3) is 4.46. The molecule has 0 fully saturated rings. The van der Waals surface area contributed by atoms with Gasteiger partial charge in [0.1, 0.15) is 5.75 Å². The van der Waals surface area contributed by atoms with Crippen LogP contribution in [0.2, 0.25) is 0 Å². The lowest BCUT2D eigenvalue weighted by Gasteiger charge is -2.25. The standard InChI is InChI=1S/C23H29NO2/c1-4-22(23(25)24(3)16-18-11-9-17(2)10-12-18)26-21-14-13-19-7-5-6-8-20(19)15-21/h9-15,22H,4-8,16H2,1-3H3/t22-/m1/s1. The van der Waals surface area contributed by atoms with Crippen LogP contribution in [0.1, 0.15) is 48.4 Å². The smallest absolute Gasteiger partial charge is 0.263 e. The normalized spacial score (nSPS) is 14.4. The van der Waals surface area contributed by atoms with Gasteiger partial charge >= 0.3 is 0 Å². The number of aryl methyl sites for hydroxylation is 3. The van der Waals surface area contributed by atoms with Crippen molar-refractivity contribution in [2.45, 2.75) is 58.6 Å². The highest BCUT2D eigenvalue weighted by atomic mass is 16.5. The highest BCUT2D eigenvalue weighted by Crippen LogP contribution is 2.26. The van der Waals surface area contributed by atoms with E-state index in [1.54, 1.807) is 4.90 Å². The number of fused-ring (bicyclic) bond motifs is 1. The maximum absolute atomic E-state index is 12.8. The average molecular weight is 351 g/mol. The maximum Gasteiger partial charge on any atom is 0.263 e. The van der Waals surface area contributed by atoms with Gasteiger partial charge in [0.15, 0.2) is 6.10 Å². The number of carbonyl (C=O) groups excluding carboxylic acids is 1. The van der Waals surface area contributed by atoms with E-state index in [0.29, 0.717) is 13.0 Å². The molecule has 26 heavy (non-hydrogen) atoms. The number of benzene rings is 2. The zero-order chi connectivity index (χ0) is 18.5. The highest BCUT2D eigenvalue weighted by Gasteiger charge is 2.23. The Morgan fingerprint density at radius 2 is 1.77 bits per heavy atom. The zero-order valence-corrected chi connectivity index (χ0v) is 16.1. The van der Waals surface area contributed by atoms with Crippen LogP contribution in [0.5, 0.6) is 5.75 Å². The van der Waals surface area contributed by atoms with Crippen LogP contribution in [-0.4, -0.2) is 24.0 Å². The van der Waals surface area contributed by atoms with Crippen LogP contribution in [0.15, 0.2) is 42.5 Å². The molecule has 1 atom stereocenters. The fourth-order valence-corrected chi connectivity index (χ4v) is 3.55. The van der Waals surface area contributed by atoms with E-state index in [1.165, 1.54) is 29.5 Å². The summed E-state index contributed by atoms with van der Waals surface area (Å²) in [5, 5.41) is 0. The Kier molecular flexibility index (Phi) is 5.97. The number of hydrogen-bond acceptors (Lipinski definition) is 2. The first-order chi connectivity index (χ1) is 12.6. The van der Waals surface area contributed by atoms with Crippen molar-refractivity contribution in [3.05, 3.63) is 64.7 Å². The molecule has 3 rings (SSSR count). The SMILES string of the molecule is CC[C@@H](Oc1ccc2c(c1)CCCC2)C(=O)N(C)Cc1ccc(C)cc1. The van der Waals surface area contributed by atoms with Crippen LogP contribution in [-0.2, 0) is 24.2 Å². The fourth-order valence-electron chi connectivity index (χ4n) is 3.55. The van der Waals surface area contributed by atoms with Crippen LogP contribution < -0.4 is 4.74 Å². The van der Waals surface area contributed by atoms with Crippen molar-refractivity contribution in [3.63, 3.8) is 0 Å². The Balaban J connectivity index is 1.65. The van der Waals surface area contributed by atoms with Gasteiger partial charge in [-0.15, -0.1) is 0 Å². The van der Waals surface area contributed by atoms with Gasteiger partial charge in [0.05, 0.1) is 0 Å². The lowest BCUT2D eigenvalue weighted by molar-refractivity contribution is -0.138. The van der Waals surface area contributed by atoms with Gasteiger partial charge < -0.3 is 9.64 Å². The molecule has 0 saturated heterocycles. The van der Waals surface area contributed by atoms with E-state index < -0.39 is 6.10 Å². The summed E-state index contributed by atoms with van der Waals surface area (Å²) in [5.41, 5.74) is 5.17. The minimum absolute atomic E-state index is 0.0331. The van der Waals surface area contributed by atoms with Crippen molar-refractivity contribution in [1.82, 2.24) is 4.90 Å². The number of likely N-dealkylation sites (N-methyl/N-ethyl adjacent to an activating group) is 1. The Hall–Kier alpha value is -2.29.